The quantitative estimate of drug-likeness (QED) is 0.880. The SMILES string of the molecule is CCc1nnc([C@H]2C[C@@H](O)CN2C(=O)c2ccc(F)c(Br)c2)o1. The van der Waals surface area contributed by atoms with E-state index in [4.69, 9.17) is 4.42 Å². The van der Waals surface area contributed by atoms with Crippen LogP contribution in [-0.4, -0.2) is 38.8 Å². The predicted molar refractivity (Wildman–Crippen MR) is 82.2 cm³/mol. The summed E-state index contributed by atoms with van der Waals surface area (Å²) in [5, 5.41) is 17.8. The maximum atomic E-state index is 13.3. The molecule has 0 aliphatic carbocycles. The van der Waals surface area contributed by atoms with E-state index in [0.29, 0.717) is 30.2 Å². The van der Waals surface area contributed by atoms with Crippen molar-refractivity contribution in [2.24, 2.45) is 0 Å². The third-order valence-corrected chi connectivity index (χ3v) is 4.38. The summed E-state index contributed by atoms with van der Waals surface area (Å²) >= 11 is 3.07. The zero-order chi connectivity index (χ0) is 16.6. The van der Waals surface area contributed by atoms with Crippen molar-refractivity contribution < 1.29 is 18.7 Å². The number of nitrogens with zero attached hydrogens (tertiary/aromatic N) is 3. The number of β-amino-alcohol motifs (C(OH)–C–C–N with tert-alkyl or cyclic N) is 1. The third kappa shape index (κ3) is 3.13. The zero-order valence-corrected chi connectivity index (χ0v) is 14.0. The fraction of sp³-hybridized carbons (Fsp3) is 0.400. The van der Waals surface area contributed by atoms with Crippen LogP contribution in [0.5, 0.6) is 0 Å². The Balaban J connectivity index is 1.89. The molecule has 0 spiro atoms. The van der Waals surface area contributed by atoms with Gasteiger partial charge in [-0.05, 0) is 34.1 Å². The van der Waals surface area contributed by atoms with Gasteiger partial charge in [0.05, 0.1) is 10.6 Å². The van der Waals surface area contributed by atoms with Gasteiger partial charge >= 0.3 is 0 Å². The van der Waals surface area contributed by atoms with Crippen LogP contribution in [0.25, 0.3) is 0 Å². The highest BCUT2D eigenvalue weighted by Gasteiger charge is 2.39. The van der Waals surface area contributed by atoms with Crippen LogP contribution in [0, 0.1) is 5.82 Å². The largest absolute Gasteiger partial charge is 0.423 e. The van der Waals surface area contributed by atoms with E-state index in [9.17, 15) is 14.3 Å². The van der Waals surface area contributed by atoms with Gasteiger partial charge in [-0.15, -0.1) is 10.2 Å². The molecule has 2 aromatic rings. The summed E-state index contributed by atoms with van der Waals surface area (Å²) in [5.74, 6) is 0.0405. The summed E-state index contributed by atoms with van der Waals surface area (Å²) in [6.07, 6.45) is 0.269. The highest BCUT2D eigenvalue weighted by atomic mass is 79.9. The van der Waals surface area contributed by atoms with E-state index in [0.717, 1.165) is 0 Å². The van der Waals surface area contributed by atoms with Gasteiger partial charge in [-0.3, -0.25) is 4.79 Å². The van der Waals surface area contributed by atoms with Gasteiger partial charge in [0, 0.05) is 24.9 Å². The number of rotatable bonds is 3. The second kappa shape index (κ2) is 6.37. The molecule has 1 N–H and O–H groups in total. The second-order valence-electron chi connectivity index (χ2n) is 5.38. The molecule has 122 valence electrons. The van der Waals surface area contributed by atoms with Crippen LogP contribution >= 0.6 is 15.9 Å². The minimum atomic E-state index is -0.662. The third-order valence-electron chi connectivity index (χ3n) is 3.78. The highest BCUT2D eigenvalue weighted by molar-refractivity contribution is 9.10. The molecule has 1 aromatic carbocycles. The number of carbonyl (C=O) groups is 1. The molecular weight excluding hydrogens is 369 g/mol. The smallest absolute Gasteiger partial charge is 0.254 e. The number of hydrogen-bond donors (Lipinski definition) is 1. The molecule has 1 aromatic heterocycles. The first-order valence-electron chi connectivity index (χ1n) is 7.26. The molecule has 23 heavy (non-hydrogen) atoms. The van der Waals surface area contributed by atoms with E-state index in [1.54, 1.807) is 0 Å². The summed E-state index contributed by atoms with van der Waals surface area (Å²) in [6.45, 7) is 2.06. The van der Waals surface area contributed by atoms with Gasteiger partial charge in [0.1, 0.15) is 11.9 Å². The van der Waals surface area contributed by atoms with Crippen molar-refractivity contribution in [2.45, 2.75) is 31.9 Å². The number of carbonyl (C=O) groups excluding carboxylic acids is 1. The summed E-state index contributed by atoms with van der Waals surface area (Å²) < 4.78 is 19.1. The van der Waals surface area contributed by atoms with Gasteiger partial charge in [0.2, 0.25) is 11.8 Å². The fourth-order valence-electron chi connectivity index (χ4n) is 2.61. The highest BCUT2D eigenvalue weighted by Crippen LogP contribution is 2.33. The average molecular weight is 384 g/mol. The lowest BCUT2D eigenvalue weighted by Gasteiger charge is -2.21. The average Bonchev–Trinajstić information content (AvgIpc) is 3.15. The van der Waals surface area contributed by atoms with Crippen LogP contribution in [0.15, 0.2) is 27.1 Å². The van der Waals surface area contributed by atoms with Crippen molar-refractivity contribution in [1.82, 2.24) is 15.1 Å². The maximum absolute atomic E-state index is 13.3. The predicted octanol–water partition coefficient (Wildman–Crippen LogP) is 2.48. The molecule has 1 saturated heterocycles. The molecular formula is C15H15BrFN3O3. The van der Waals surface area contributed by atoms with Crippen LogP contribution < -0.4 is 0 Å². The Kier molecular flexibility index (Phi) is 4.45. The topological polar surface area (TPSA) is 79.5 Å². The Hall–Kier alpha value is -1.80. The lowest BCUT2D eigenvalue weighted by molar-refractivity contribution is 0.0697. The minimum Gasteiger partial charge on any atom is -0.423 e. The first kappa shape index (κ1) is 16.1. The monoisotopic (exact) mass is 383 g/mol. The Morgan fingerprint density at radius 3 is 2.96 bits per heavy atom. The zero-order valence-electron chi connectivity index (χ0n) is 12.4. The van der Waals surface area contributed by atoms with Crippen molar-refractivity contribution in [3.05, 3.63) is 45.8 Å². The van der Waals surface area contributed by atoms with Gasteiger partial charge < -0.3 is 14.4 Å². The number of hydrogen-bond acceptors (Lipinski definition) is 5. The number of benzene rings is 1. The molecule has 1 fully saturated rings. The van der Waals surface area contributed by atoms with E-state index in [-0.39, 0.29) is 16.9 Å². The molecule has 0 saturated carbocycles. The Bertz CT molecular complexity index is 737. The lowest BCUT2D eigenvalue weighted by Crippen LogP contribution is -2.32. The summed E-state index contributed by atoms with van der Waals surface area (Å²) in [6, 6.07) is 3.58. The van der Waals surface area contributed by atoms with Gasteiger partial charge in [0.25, 0.3) is 5.91 Å². The van der Waals surface area contributed by atoms with Crippen molar-refractivity contribution >= 4 is 21.8 Å². The van der Waals surface area contributed by atoms with Gasteiger partial charge in [-0.2, -0.15) is 0 Å². The molecule has 6 nitrogen and oxygen atoms in total. The number of aromatic nitrogens is 2. The molecule has 1 aliphatic rings. The number of aliphatic hydroxyl groups excluding tert-OH is 1. The summed E-state index contributed by atoms with van der Waals surface area (Å²) in [5.41, 5.74) is 0.326. The number of aryl methyl sites for hydroxylation is 1. The van der Waals surface area contributed by atoms with Crippen LogP contribution in [-0.2, 0) is 6.42 Å². The number of halogens is 2. The Morgan fingerprint density at radius 2 is 2.30 bits per heavy atom. The normalized spacial score (nSPS) is 21.0. The Morgan fingerprint density at radius 1 is 1.52 bits per heavy atom. The van der Waals surface area contributed by atoms with Crippen LogP contribution in [0.4, 0.5) is 4.39 Å². The van der Waals surface area contributed by atoms with E-state index in [1.807, 2.05) is 6.92 Å². The number of likely N-dealkylation sites (tertiary alicyclic amines) is 1. The van der Waals surface area contributed by atoms with Crippen molar-refractivity contribution in [3.63, 3.8) is 0 Å². The number of aliphatic hydroxyl groups is 1. The van der Waals surface area contributed by atoms with Crippen LogP contribution in [0.1, 0.15) is 41.5 Å². The molecule has 0 unspecified atom stereocenters. The molecule has 0 radical (unpaired) electrons. The second-order valence-corrected chi connectivity index (χ2v) is 6.23. The molecule has 2 heterocycles. The molecule has 2 atom stereocenters. The van der Waals surface area contributed by atoms with Crippen molar-refractivity contribution in [1.29, 1.82) is 0 Å². The molecule has 3 rings (SSSR count). The fourth-order valence-corrected chi connectivity index (χ4v) is 2.99. The van der Waals surface area contributed by atoms with Crippen LogP contribution in [0.2, 0.25) is 0 Å². The van der Waals surface area contributed by atoms with E-state index >= 15 is 0 Å². The van der Waals surface area contributed by atoms with Crippen LogP contribution in [0.3, 0.4) is 0 Å². The van der Waals surface area contributed by atoms with E-state index < -0.39 is 18.0 Å². The maximum Gasteiger partial charge on any atom is 0.254 e. The summed E-state index contributed by atoms with van der Waals surface area (Å²) in [4.78, 5) is 14.2. The first-order chi connectivity index (χ1) is 11.0. The van der Waals surface area contributed by atoms with Gasteiger partial charge in [-0.25, -0.2) is 4.39 Å². The van der Waals surface area contributed by atoms with Crippen molar-refractivity contribution in [3.8, 4) is 0 Å². The molecule has 8 heteroatoms. The van der Waals surface area contributed by atoms with Crippen molar-refractivity contribution in [2.75, 3.05) is 6.54 Å². The number of amides is 1. The van der Waals surface area contributed by atoms with Gasteiger partial charge in [0.15, 0.2) is 0 Å². The van der Waals surface area contributed by atoms with E-state index in [1.165, 1.54) is 23.1 Å². The molecule has 0 bridgehead atoms. The molecule has 1 aliphatic heterocycles. The summed E-state index contributed by atoms with van der Waals surface area (Å²) in [7, 11) is 0. The van der Waals surface area contributed by atoms with E-state index in [2.05, 4.69) is 26.1 Å². The Labute approximate surface area is 140 Å². The van der Waals surface area contributed by atoms with Gasteiger partial charge in [-0.1, -0.05) is 6.92 Å². The lowest BCUT2D eigenvalue weighted by atomic mass is 10.1. The first-order valence-corrected chi connectivity index (χ1v) is 8.05. The minimum absolute atomic E-state index is 0.169. The standard InChI is InChI=1S/C15H15BrFN3O3/c1-2-13-18-19-14(23-13)12-6-9(21)7-20(12)15(22)8-3-4-11(17)10(16)5-8/h3-5,9,12,21H,2,6-7H2,1H3/t9-,12-/m1/s1. The molecule has 1 amide bonds.